The fourth-order valence-electron chi connectivity index (χ4n) is 3.42. The second-order valence-electron chi connectivity index (χ2n) is 8.17. The Hall–Kier alpha value is -3.74. The van der Waals surface area contributed by atoms with Crippen molar-refractivity contribution in [3.05, 3.63) is 84.0 Å². The van der Waals surface area contributed by atoms with Crippen LogP contribution in [0.2, 0.25) is 0 Å². The number of benzene rings is 2. The summed E-state index contributed by atoms with van der Waals surface area (Å²) in [5.41, 5.74) is 4.12. The zero-order valence-corrected chi connectivity index (χ0v) is 18.6. The van der Waals surface area contributed by atoms with Gasteiger partial charge < -0.3 is 9.42 Å². The third-order valence-corrected chi connectivity index (χ3v) is 5.36. The summed E-state index contributed by atoms with van der Waals surface area (Å²) >= 11 is 0. The second kappa shape index (κ2) is 9.60. The molecule has 7 nitrogen and oxygen atoms in total. The van der Waals surface area contributed by atoms with Crippen LogP contribution in [-0.4, -0.2) is 37.8 Å². The average molecular weight is 430 g/mol. The summed E-state index contributed by atoms with van der Waals surface area (Å²) in [5, 5.41) is 8.45. The Kier molecular flexibility index (Phi) is 6.44. The van der Waals surface area contributed by atoms with Crippen LogP contribution in [-0.2, 0) is 17.8 Å². The maximum Gasteiger partial charge on any atom is 0.227 e. The minimum atomic E-state index is 0.0125. The third-order valence-electron chi connectivity index (χ3n) is 5.36. The lowest BCUT2D eigenvalue weighted by Crippen LogP contribution is -2.26. The highest BCUT2D eigenvalue weighted by atomic mass is 16.5. The van der Waals surface area contributed by atoms with Crippen molar-refractivity contribution in [1.29, 1.82) is 0 Å². The van der Waals surface area contributed by atoms with Gasteiger partial charge >= 0.3 is 0 Å². The van der Waals surface area contributed by atoms with E-state index in [-0.39, 0.29) is 5.91 Å². The van der Waals surface area contributed by atoms with E-state index in [1.807, 2.05) is 48.7 Å². The molecule has 0 aliphatic carbocycles. The van der Waals surface area contributed by atoms with Crippen molar-refractivity contribution in [2.45, 2.75) is 39.2 Å². The number of rotatable bonds is 8. The Morgan fingerprint density at radius 3 is 2.56 bits per heavy atom. The summed E-state index contributed by atoms with van der Waals surface area (Å²) in [6.45, 7) is 4.80. The summed E-state index contributed by atoms with van der Waals surface area (Å²) in [6, 6.07) is 18.0. The topological polar surface area (TPSA) is 77.0 Å². The molecule has 0 atom stereocenters. The molecule has 4 aromatic rings. The molecule has 2 aromatic heterocycles. The van der Waals surface area contributed by atoms with E-state index in [0.29, 0.717) is 37.0 Å². The number of aromatic nitrogens is 4. The molecule has 7 heteroatoms. The van der Waals surface area contributed by atoms with Gasteiger partial charge in [0.25, 0.3) is 0 Å². The molecule has 0 saturated heterocycles. The van der Waals surface area contributed by atoms with Gasteiger partial charge in [-0.2, -0.15) is 10.1 Å². The van der Waals surface area contributed by atoms with Gasteiger partial charge in [0.05, 0.1) is 11.9 Å². The van der Waals surface area contributed by atoms with E-state index >= 15 is 0 Å². The molecule has 0 spiro atoms. The van der Waals surface area contributed by atoms with E-state index in [0.717, 1.165) is 16.8 Å². The molecule has 0 N–H and O–H groups in total. The molecule has 4 rings (SSSR count). The Morgan fingerprint density at radius 1 is 1.09 bits per heavy atom. The number of aryl methyl sites for hydroxylation is 1. The van der Waals surface area contributed by atoms with E-state index in [4.69, 9.17) is 4.52 Å². The maximum atomic E-state index is 12.6. The van der Waals surface area contributed by atoms with Gasteiger partial charge in [0.1, 0.15) is 0 Å². The maximum absolute atomic E-state index is 12.6. The van der Waals surface area contributed by atoms with Crippen LogP contribution in [0, 0.1) is 0 Å². The SMILES string of the molecule is CC(C)c1ccc(-c2noc(CCC(=O)N(C)Cc3cnn(-c4ccccc4)c3)n2)cc1. The summed E-state index contributed by atoms with van der Waals surface area (Å²) in [5.74, 6) is 1.50. The lowest BCUT2D eigenvalue weighted by Gasteiger charge is -2.15. The van der Waals surface area contributed by atoms with Crippen molar-refractivity contribution < 1.29 is 9.32 Å². The van der Waals surface area contributed by atoms with Crippen LogP contribution in [0.25, 0.3) is 17.1 Å². The zero-order valence-electron chi connectivity index (χ0n) is 18.6. The summed E-state index contributed by atoms with van der Waals surface area (Å²) in [7, 11) is 1.79. The number of carbonyl (C=O) groups is 1. The summed E-state index contributed by atoms with van der Waals surface area (Å²) < 4.78 is 7.16. The molecule has 0 saturated carbocycles. The standard InChI is InChI=1S/C25H27N5O2/c1-18(2)20-9-11-21(12-10-20)25-27-23(32-28-25)13-14-24(31)29(3)16-19-15-26-30(17-19)22-7-5-4-6-8-22/h4-12,15,17-18H,13-14,16H2,1-3H3. The van der Waals surface area contributed by atoms with Gasteiger partial charge in [-0.25, -0.2) is 4.68 Å². The fraction of sp³-hybridized carbons (Fsp3) is 0.280. The fourth-order valence-corrected chi connectivity index (χ4v) is 3.42. The average Bonchev–Trinajstić information content (AvgIpc) is 3.48. The van der Waals surface area contributed by atoms with Gasteiger partial charge in [-0.3, -0.25) is 4.79 Å². The smallest absolute Gasteiger partial charge is 0.227 e. The molecule has 0 unspecified atom stereocenters. The number of carbonyl (C=O) groups excluding carboxylic acids is 1. The first-order valence-corrected chi connectivity index (χ1v) is 10.8. The van der Waals surface area contributed by atoms with E-state index in [2.05, 4.69) is 41.2 Å². The van der Waals surface area contributed by atoms with Crippen molar-refractivity contribution in [3.63, 3.8) is 0 Å². The van der Waals surface area contributed by atoms with Gasteiger partial charge in [0.15, 0.2) is 0 Å². The van der Waals surface area contributed by atoms with Crippen molar-refractivity contribution >= 4 is 5.91 Å². The third kappa shape index (κ3) is 5.11. The first kappa shape index (κ1) is 21.5. The highest BCUT2D eigenvalue weighted by Crippen LogP contribution is 2.21. The van der Waals surface area contributed by atoms with Crippen LogP contribution in [0.1, 0.15) is 43.2 Å². The van der Waals surface area contributed by atoms with Crippen molar-refractivity contribution in [2.24, 2.45) is 0 Å². The predicted molar refractivity (Wildman–Crippen MR) is 122 cm³/mol. The Morgan fingerprint density at radius 2 is 1.84 bits per heavy atom. The van der Waals surface area contributed by atoms with E-state index in [1.54, 1.807) is 22.8 Å². The number of amides is 1. The highest BCUT2D eigenvalue weighted by molar-refractivity contribution is 5.76. The van der Waals surface area contributed by atoms with E-state index in [1.165, 1.54) is 5.56 Å². The van der Waals surface area contributed by atoms with E-state index < -0.39 is 0 Å². The predicted octanol–water partition coefficient (Wildman–Crippen LogP) is 4.64. The quantitative estimate of drug-likeness (QED) is 0.408. The molecule has 0 radical (unpaired) electrons. The number of para-hydroxylation sites is 1. The minimum absolute atomic E-state index is 0.0125. The van der Waals surface area contributed by atoms with Gasteiger partial charge in [-0.05, 0) is 23.6 Å². The molecule has 2 aromatic carbocycles. The van der Waals surface area contributed by atoms with Crippen molar-refractivity contribution in [1.82, 2.24) is 24.8 Å². The molecule has 32 heavy (non-hydrogen) atoms. The second-order valence-corrected chi connectivity index (χ2v) is 8.17. The van der Waals surface area contributed by atoms with E-state index in [9.17, 15) is 4.79 Å². The number of hydrogen-bond acceptors (Lipinski definition) is 5. The molecule has 2 heterocycles. The monoisotopic (exact) mass is 429 g/mol. The Labute approximate surface area is 187 Å². The van der Waals surface area contributed by atoms with Crippen LogP contribution in [0.3, 0.4) is 0 Å². The largest absolute Gasteiger partial charge is 0.341 e. The van der Waals surface area contributed by atoms with Crippen LogP contribution in [0.15, 0.2) is 71.5 Å². The van der Waals surface area contributed by atoms with Gasteiger partial charge in [0.2, 0.25) is 17.6 Å². The zero-order chi connectivity index (χ0) is 22.5. The first-order valence-electron chi connectivity index (χ1n) is 10.8. The molecule has 0 bridgehead atoms. The molecule has 0 aliphatic heterocycles. The summed E-state index contributed by atoms with van der Waals surface area (Å²) in [6.07, 6.45) is 4.43. The van der Waals surface area contributed by atoms with Crippen LogP contribution < -0.4 is 0 Å². The van der Waals surface area contributed by atoms with Gasteiger partial charge in [-0.15, -0.1) is 0 Å². The highest BCUT2D eigenvalue weighted by Gasteiger charge is 2.15. The van der Waals surface area contributed by atoms with Gasteiger partial charge in [-0.1, -0.05) is 61.5 Å². The van der Waals surface area contributed by atoms with Crippen molar-refractivity contribution in [3.8, 4) is 17.1 Å². The first-order chi connectivity index (χ1) is 15.5. The van der Waals surface area contributed by atoms with Gasteiger partial charge in [0, 0.05) is 43.8 Å². The van der Waals surface area contributed by atoms with Crippen LogP contribution in [0.4, 0.5) is 0 Å². The number of hydrogen-bond donors (Lipinski definition) is 0. The molecule has 164 valence electrons. The lowest BCUT2D eigenvalue weighted by molar-refractivity contribution is -0.130. The molecule has 1 amide bonds. The lowest BCUT2D eigenvalue weighted by atomic mass is 10.0. The van der Waals surface area contributed by atoms with Crippen molar-refractivity contribution in [2.75, 3.05) is 7.05 Å². The molecular weight excluding hydrogens is 402 g/mol. The van der Waals surface area contributed by atoms with Crippen LogP contribution in [0.5, 0.6) is 0 Å². The Balaban J connectivity index is 1.30. The minimum Gasteiger partial charge on any atom is -0.341 e. The molecule has 0 fully saturated rings. The Bertz CT molecular complexity index is 1160. The normalized spacial score (nSPS) is 11.1. The number of nitrogens with zero attached hydrogens (tertiary/aromatic N) is 5. The molecule has 0 aliphatic rings. The summed E-state index contributed by atoms with van der Waals surface area (Å²) in [4.78, 5) is 18.7. The van der Waals surface area contributed by atoms with Crippen LogP contribution >= 0.6 is 0 Å². The molecular formula is C25H27N5O2.